The summed E-state index contributed by atoms with van der Waals surface area (Å²) in [6.07, 6.45) is 3.14. The van der Waals surface area contributed by atoms with Crippen molar-refractivity contribution in [3.63, 3.8) is 0 Å². The Balaban J connectivity index is 1.18. The third-order valence-corrected chi connectivity index (χ3v) is 6.36. The summed E-state index contributed by atoms with van der Waals surface area (Å²) in [5.41, 5.74) is 2.25. The summed E-state index contributed by atoms with van der Waals surface area (Å²) < 4.78 is 21.8. The first kappa shape index (κ1) is 22.1. The minimum absolute atomic E-state index is 0.0474. The van der Waals surface area contributed by atoms with Crippen molar-refractivity contribution < 1.29 is 13.9 Å². The Kier molecular flexibility index (Phi) is 6.00. The molecule has 3 aromatic rings. The Morgan fingerprint density at radius 1 is 1.29 bits per heavy atom. The van der Waals surface area contributed by atoms with Gasteiger partial charge in [0.1, 0.15) is 12.1 Å². The highest BCUT2D eigenvalue weighted by atomic mass is 19.1. The summed E-state index contributed by atoms with van der Waals surface area (Å²) >= 11 is 0. The zero-order valence-electron chi connectivity index (χ0n) is 18.6. The zero-order valence-corrected chi connectivity index (χ0v) is 18.6. The average molecular weight is 462 g/mol. The third-order valence-electron chi connectivity index (χ3n) is 6.36. The van der Waals surface area contributed by atoms with Crippen molar-refractivity contribution >= 4 is 11.6 Å². The number of benzene rings is 1. The SMILES string of the molecule is [C-]#[N+]c1c(C)cc([C@H]2CN3CCN(C(=O)Cc4ccc(-n5cnnn5)nc4)C[C@H]3CO2)cc1F. The molecule has 10 nitrogen and oxygen atoms in total. The number of pyridine rings is 1. The van der Waals surface area contributed by atoms with Gasteiger partial charge >= 0.3 is 0 Å². The van der Waals surface area contributed by atoms with Crippen LogP contribution in [-0.4, -0.2) is 79.7 Å². The number of morpholine rings is 1. The molecular weight excluding hydrogens is 439 g/mol. The number of aromatic nitrogens is 5. The van der Waals surface area contributed by atoms with Gasteiger partial charge < -0.3 is 9.64 Å². The number of carbonyl (C=O) groups is 1. The van der Waals surface area contributed by atoms with E-state index in [9.17, 15) is 9.18 Å². The Morgan fingerprint density at radius 2 is 2.18 bits per heavy atom. The van der Waals surface area contributed by atoms with Crippen LogP contribution in [0.3, 0.4) is 0 Å². The number of aryl methyl sites for hydroxylation is 1. The first-order chi connectivity index (χ1) is 16.5. The Hall–Kier alpha value is -3.75. The molecule has 1 aromatic carbocycles. The molecule has 2 atom stereocenters. The maximum absolute atomic E-state index is 14.3. The predicted octanol–water partition coefficient (Wildman–Crippen LogP) is 1.88. The lowest BCUT2D eigenvalue weighted by Crippen LogP contribution is -2.59. The molecule has 0 aliphatic carbocycles. The summed E-state index contributed by atoms with van der Waals surface area (Å²) in [4.78, 5) is 24.7. The van der Waals surface area contributed by atoms with Gasteiger partial charge in [0, 0.05) is 32.4 Å². The molecule has 2 aliphatic rings. The van der Waals surface area contributed by atoms with E-state index in [2.05, 4.69) is 30.3 Å². The fourth-order valence-electron chi connectivity index (χ4n) is 4.51. The Labute approximate surface area is 195 Å². The molecule has 0 spiro atoms. The molecule has 0 saturated carbocycles. The molecule has 11 heteroatoms. The van der Waals surface area contributed by atoms with Crippen LogP contribution in [0, 0.1) is 19.3 Å². The molecule has 5 rings (SSSR count). The van der Waals surface area contributed by atoms with Gasteiger partial charge in [-0.1, -0.05) is 12.1 Å². The van der Waals surface area contributed by atoms with Crippen molar-refractivity contribution in [2.45, 2.75) is 25.5 Å². The normalized spacial score (nSPS) is 20.6. The number of nitrogens with zero attached hydrogens (tertiary/aromatic N) is 8. The van der Waals surface area contributed by atoms with Crippen molar-refractivity contribution in [2.24, 2.45) is 0 Å². The van der Waals surface area contributed by atoms with Gasteiger partial charge in [0.2, 0.25) is 11.6 Å². The van der Waals surface area contributed by atoms with E-state index in [0.29, 0.717) is 37.6 Å². The molecule has 2 aromatic heterocycles. The molecule has 2 aliphatic heterocycles. The summed E-state index contributed by atoms with van der Waals surface area (Å²) in [6.45, 7) is 11.9. The van der Waals surface area contributed by atoms with Gasteiger partial charge in [-0.15, -0.1) is 5.10 Å². The number of tetrazole rings is 1. The minimum atomic E-state index is -0.508. The molecule has 174 valence electrons. The van der Waals surface area contributed by atoms with E-state index in [-0.39, 0.29) is 30.2 Å². The zero-order chi connectivity index (χ0) is 23.7. The molecule has 0 unspecified atom stereocenters. The minimum Gasteiger partial charge on any atom is -0.370 e. The van der Waals surface area contributed by atoms with Crippen LogP contribution in [0.4, 0.5) is 10.1 Å². The van der Waals surface area contributed by atoms with E-state index in [4.69, 9.17) is 11.3 Å². The molecular formula is C23H23FN8O2. The van der Waals surface area contributed by atoms with Crippen molar-refractivity contribution in [1.29, 1.82) is 0 Å². The van der Waals surface area contributed by atoms with Gasteiger partial charge in [-0.2, -0.15) is 4.68 Å². The van der Waals surface area contributed by atoms with Crippen molar-refractivity contribution in [3.8, 4) is 5.82 Å². The molecule has 34 heavy (non-hydrogen) atoms. The second-order valence-electron chi connectivity index (χ2n) is 8.55. The fourth-order valence-corrected chi connectivity index (χ4v) is 4.51. The lowest BCUT2D eigenvalue weighted by atomic mass is 10.0. The predicted molar refractivity (Wildman–Crippen MR) is 119 cm³/mol. The molecule has 4 heterocycles. The lowest BCUT2D eigenvalue weighted by molar-refractivity contribution is -0.139. The Morgan fingerprint density at radius 3 is 2.88 bits per heavy atom. The van der Waals surface area contributed by atoms with Gasteiger partial charge in [0.05, 0.1) is 31.7 Å². The van der Waals surface area contributed by atoms with E-state index in [1.807, 2.05) is 17.0 Å². The second kappa shape index (κ2) is 9.24. The molecule has 1 amide bonds. The highest BCUT2D eigenvalue weighted by Crippen LogP contribution is 2.32. The smallest absolute Gasteiger partial charge is 0.227 e. The molecule has 2 saturated heterocycles. The van der Waals surface area contributed by atoms with Crippen molar-refractivity contribution in [2.75, 3.05) is 32.8 Å². The van der Waals surface area contributed by atoms with Crippen LogP contribution in [0.1, 0.15) is 22.8 Å². The number of rotatable bonds is 4. The first-order valence-electron chi connectivity index (χ1n) is 11.0. The lowest BCUT2D eigenvalue weighted by Gasteiger charge is -2.46. The molecule has 0 N–H and O–H groups in total. The largest absolute Gasteiger partial charge is 0.370 e. The quantitative estimate of drug-likeness (QED) is 0.547. The second-order valence-corrected chi connectivity index (χ2v) is 8.55. The van der Waals surface area contributed by atoms with Gasteiger partial charge in [0.15, 0.2) is 5.82 Å². The number of halogens is 1. The average Bonchev–Trinajstić information content (AvgIpc) is 3.39. The number of fused-ring (bicyclic) bond motifs is 1. The fraction of sp³-hybridized carbons (Fsp3) is 0.391. The van der Waals surface area contributed by atoms with Gasteiger partial charge in [-0.25, -0.2) is 14.2 Å². The summed E-state index contributed by atoms with van der Waals surface area (Å²) in [5.74, 6) is 0.125. The number of carbonyl (C=O) groups excluding carboxylic acids is 1. The van der Waals surface area contributed by atoms with Crippen LogP contribution in [0.25, 0.3) is 10.7 Å². The van der Waals surface area contributed by atoms with Crippen LogP contribution in [0.2, 0.25) is 0 Å². The maximum Gasteiger partial charge on any atom is 0.227 e. The molecule has 0 radical (unpaired) electrons. The van der Waals surface area contributed by atoms with Gasteiger partial charge in [-0.05, 0) is 46.2 Å². The van der Waals surface area contributed by atoms with E-state index < -0.39 is 5.82 Å². The highest BCUT2D eigenvalue weighted by Gasteiger charge is 2.35. The van der Waals surface area contributed by atoms with Gasteiger partial charge in [0.25, 0.3) is 0 Å². The first-order valence-corrected chi connectivity index (χ1v) is 11.0. The van der Waals surface area contributed by atoms with E-state index in [1.165, 1.54) is 17.1 Å². The van der Waals surface area contributed by atoms with Crippen LogP contribution in [0.15, 0.2) is 36.8 Å². The summed E-state index contributed by atoms with van der Waals surface area (Å²) in [6, 6.07) is 6.97. The highest BCUT2D eigenvalue weighted by molar-refractivity contribution is 5.79. The van der Waals surface area contributed by atoms with E-state index >= 15 is 0 Å². The monoisotopic (exact) mass is 462 g/mol. The van der Waals surface area contributed by atoms with Crippen LogP contribution in [0.5, 0.6) is 0 Å². The van der Waals surface area contributed by atoms with E-state index in [0.717, 1.165) is 17.7 Å². The summed E-state index contributed by atoms with van der Waals surface area (Å²) in [5, 5.41) is 11.0. The number of amides is 1. The van der Waals surface area contributed by atoms with Crippen LogP contribution >= 0.6 is 0 Å². The van der Waals surface area contributed by atoms with Gasteiger partial charge in [-0.3, -0.25) is 9.69 Å². The standard InChI is InChI=1S/C23H23FN8O2/c1-15-7-17(9-19(24)23(15)25-2)20-12-30-5-6-31(11-18(30)13-34-20)22(33)8-16-3-4-21(26-10-16)32-14-27-28-29-32/h3-4,7,9-10,14,18,20H,5-6,8,11-13H2,1H3/t18-,20+/m0/s1. The van der Waals surface area contributed by atoms with Crippen molar-refractivity contribution in [3.05, 3.63) is 70.7 Å². The topological polar surface area (TPSA) is 93.6 Å². The number of hydrogen-bond donors (Lipinski definition) is 0. The molecule has 2 fully saturated rings. The number of ether oxygens (including phenoxy) is 1. The van der Waals surface area contributed by atoms with Crippen molar-refractivity contribution in [1.82, 2.24) is 35.0 Å². The van der Waals surface area contributed by atoms with E-state index in [1.54, 1.807) is 19.2 Å². The molecule has 0 bridgehead atoms. The third kappa shape index (κ3) is 4.37. The number of hydrogen-bond acceptors (Lipinski definition) is 7. The maximum atomic E-state index is 14.3. The number of piperazine rings is 1. The Bertz CT molecular complexity index is 1200. The van der Waals surface area contributed by atoms with Crippen LogP contribution in [-0.2, 0) is 16.0 Å². The summed E-state index contributed by atoms with van der Waals surface area (Å²) in [7, 11) is 0. The van der Waals surface area contributed by atoms with Crippen LogP contribution < -0.4 is 0 Å².